The number of alkyl carbamates (subject to hydrolysis) is 2. The van der Waals surface area contributed by atoms with Gasteiger partial charge in [-0.2, -0.15) is 0 Å². The van der Waals surface area contributed by atoms with E-state index >= 15 is 0 Å². The SMILES string of the molecule is COC(=O)[C@]1(C)CCCN1.COC(=O)[C@]1(C)CCCN1C(=O)CNC(=O)OCc1ccccc1.C[C@@]12CCCN1C(=O)CNC2=O.C[C@@]12CCCN1[C@@H](C(Cl)(Cl)Cl)OC2=O.Cl.O=C(O)CNC(=O)OCc1ccccc1.O=C1O[C@H](C(Cl)(Cl)Cl)N2CCC[C@@H]12. The summed E-state index contributed by atoms with van der Waals surface area (Å²) >= 11 is 34.3. The van der Waals surface area contributed by atoms with Crippen LogP contribution in [0.2, 0.25) is 0 Å². The molecule has 8 aliphatic rings. The number of likely N-dealkylation sites (tertiary alicyclic amines) is 1. The summed E-state index contributed by atoms with van der Waals surface area (Å²) in [6.45, 7) is 10.6. The predicted molar refractivity (Wildman–Crippen MR) is 330 cm³/mol. The number of amides is 5. The molecular formula is C57H77Cl7N8O17. The zero-order chi connectivity index (χ0) is 65.3. The molecule has 5 N–H and O–H groups in total. The number of methoxy groups -OCH3 is 2. The van der Waals surface area contributed by atoms with E-state index < -0.39 is 72.9 Å². The highest BCUT2D eigenvalue weighted by molar-refractivity contribution is 6.68. The minimum absolute atomic E-state index is 0. The monoisotopic (exact) mass is 1390 g/mol. The van der Waals surface area contributed by atoms with Crippen molar-refractivity contribution in [1.29, 1.82) is 0 Å². The van der Waals surface area contributed by atoms with Crippen LogP contribution in [0.15, 0.2) is 60.7 Å². The van der Waals surface area contributed by atoms with E-state index in [1.165, 1.54) is 19.1 Å². The molecule has 32 heteroatoms. The molecule has 0 aliphatic carbocycles. The molecule has 2 aromatic carbocycles. The van der Waals surface area contributed by atoms with E-state index in [0.717, 1.165) is 95.1 Å². The van der Waals surface area contributed by atoms with Gasteiger partial charge < -0.3 is 64.6 Å². The molecule has 0 radical (unpaired) electrons. The van der Waals surface area contributed by atoms with E-state index in [2.05, 4.69) is 26.0 Å². The third-order valence-electron chi connectivity index (χ3n) is 15.9. The molecule has 0 bridgehead atoms. The summed E-state index contributed by atoms with van der Waals surface area (Å²) in [7, 11) is 2.72. The zero-order valence-corrected chi connectivity index (χ0v) is 55.4. The number of hydrogen-bond acceptors (Lipinski definition) is 19. The number of carboxylic acids is 1. The van der Waals surface area contributed by atoms with Crippen molar-refractivity contribution >= 4 is 142 Å². The lowest BCUT2D eigenvalue weighted by atomic mass is 9.96. The molecule has 0 spiro atoms. The molecule has 8 fully saturated rings. The van der Waals surface area contributed by atoms with E-state index in [1.54, 1.807) is 11.8 Å². The van der Waals surface area contributed by atoms with Crippen LogP contribution in [0.4, 0.5) is 9.59 Å². The minimum atomic E-state index is -1.57. The molecule has 5 amide bonds. The molecule has 0 aromatic heterocycles. The molecule has 8 heterocycles. The molecule has 0 saturated carbocycles. The van der Waals surface area contributed by atoms with Crippen molar-refractivity contribution in [2.24, 2.45) is 0 Å². The molecule has 8 saturated heterocycles. The van der Waals surface area contributed by atoms with Crippen molar-refractivity contribution in [3.8, 4) is 0 Å². The second kappa shape index (κ2) is 33.8. The van der Waals surface area contributed by atoms with E-state index in [0.29, 0.717) is 13.0 Å². The van der Waals surface area contributed by atoms with Crippen molar-refractivity contribution in [2.45, 2.75) is 153 Å². The van der Waals surface area contributed by atoms with Crippen molar-refractivity contribution < 1.29 is 81.5 Å². The first-order valence-corrected chi connectivity index (χ1v) is 30.6. The van der Waals surface area contributed by atoms with Gasteiger partial charge in [0, 0.05) is 26.2 Å². The molecule has 8 aliphatic heterocycles. The molecule has 2 aromatic rings. The maximum Gasteiger partial charge on any atom is 0.407 e. The van der Waals surface area contributed by atoms with E-state index in [-0.39, 0.29) is 80.4 Å². The Bertz CT molecular complexity index is 2780. The van der Waals surface area contributed by atoms with Gasteiger partial charge in [-0.15, -0.1) is 12.4 Å². The maximum atomic E-state index is 12.3. The molecule has 25 nitrogen and oxygen atoms in total. The smallest absolute Gasteiger partial charge is 0.407 e. The second-order valence-electron chi connectivity index (χ2n) is 22.2. The molecular weight excluding hydrogens is 1320 g/mol. The maximum absolute atomic E-state index is 12.3. The van der Waals surface area contributed by atoms with Gasteiger partial charge in [-0.25, -0.2) is 24.1 Å². The largest absolute Gasteiger partial charge is 0.480 e. The van der Waals surface area contributed by atoms with Gasteiger partial charge in [-0.3, -0.25) is 33.7 Å². The summed E-state index contributed by atoms with van der Waals surface area (Å²) in [6.07, 6.45) is 5.54. The fourth-order valence-electron chi connectivity index (χ4n) is 11.0. The normalized spacial score (nSPS) is 26.4. The Hall–Kier alpha value is -5.35. The van der Waals surface area contributed by atoms with Crippen molar-refractivity contribution in [3.05, 3.63) is 71.8 Å². The van der Waals surface area contributed by atoms with Crippen LogP contribution < -0.4 is 21.3 Å². The summed E-state index contributed by atoms with van der Waals surface area (Å²) in [5, 5.41) is 18.5. The summed E-state index contributed by atoms with van der Waals surface area (Å²) in [4.78, 5) is 120. The van der Waals surface area contributed by atoms with Crippen LogP contribution in [0, 0.1) is 0 Å². The first-order chi connectivity index (χ1) is 41.3. The van der Waals surface area contributed by atoms with Gasteiger partial charge in [0.05, 0.1) is 20.8 Å². The topological polar surface area (TPSA) is 307 Å². The van der Waals surface area contributed by atoms with E-state index in [1.807, 2.05) is 91.2 Å². The Balaban J connectivity index is 0.000000233. The lowest BCUT2D eigenvalue weighted by Gasteiger charge is -2.37. The van der Waals surface area contributed by atoms with Gasteiger partial charge in [0.2, 0.25) is 37.8 Å². The van der Waals surface area contributed by atoms with Crippen LogP contribution in [-0.4, -0.2) is 199 Å². The average Bonchev–Trinajstić information content (AvgIpc) is 1.64. The van der Waals surface area contributed by atoms with Gasteiger partial charge in [0.1, 0.15) is 54.5 Å². The number of piperazine rings is 1. The Morgan fingerprint density at radius 1 is 0.663 bits per heavy atom. The van der Waals surface area contributed by atoms with Gasteiger partial charge in [-0.1, -0.05) is 130 Å². The molecule has 496 valence electrons. The van der Waals surface area contributed by atoms with E-state index in [4.69, 9.17) is 98.4 Å². The second-order valence-corrected chi connectivity index (χ2v) is 26.9. The van der Waals surface area contributed by atoms with Crippen LogP contribution in [0.25, 0.3) is 0 Å². The highest BCUT2D eigenvalue weighted by Gasteiger charge is 2.60. The Morgan fingerprint density at radius 3 is 1.72 bits per heavy atom. The van der Waals surface area contributed by atoms with Crippen molar-refractivity contribution in [1.82, 2.24) is 40.9 Å². The highest BCUT2D eigenvalue weighted by Crippen LogP contribution is 2.46. The van der Waals surface area contributed by atoms with Gasteiger partial charge in [-0.05, 0) is 110 Å². The quantitative estimate of drug-likeness (QED) is 0.0965. The number of benzene rings is 2. The van der Waals surface area contributed by atoms with Gasteiger partial charge >= 0.3 is 42.0 Å². The van der Waals surface area contributed by atoms with Crippen LogP contribution in [0.3, 0.4) is 0 Å². The Kier molecular flexibility index (Phi) is 28.9. The summed E-state index contributed by atoms with van der Waals surface area (Å²) < 4.78 is 26.2. The standard InChI is InChI=1S/C17H22N2O5.C10H11NO4.C8H10Cl3NO2.C8H12N2O2.C7H8Cl3NO2.C7H13NO2.ClH/c1-17(15(21)23-2)9-6-10-19(17)14(20)11-18-16(22)24-12-13-7-4-3-5-8-13;12-9(13)6-11-10(14)15-7-8-4-2-1-3-5-8;1-7-3-2-4-12(7)5(8(9,10)11)14-6(7)13;1-8-3-2-4-10(8)6(11)5-9-7(8)12;8-7(9,10)6-11-3-1-2-4(11)5(12)13-6;1-7(6(9)10-2)4-3-5-8-7;/h3-5,7-8H,6,9-12H2,1-2H3,(H,18,22);1-5H,6-7H2,(H,11,14)(H,12,13);5H,2-4H2,1H3;2-5H2,1H3,(H,9,12);4,6H,1-3H2;8H,3-5H2,1-2H3;1H/t17-;;5-,7+;8-;4-,6+;7-;/m0.1000./s1. The fourth-order valence-corrected chi connectivity index (χ4v) is 12.0. The van der Waals surface area contributed by atoms with Crippen LogP contribution in [0.5, 0.6) is 0 Å². The summed E-state index contributed by atoms with van der Waals surface area (Å²) in [6, 6.07) is 18.2. The van der Waals surface area contributed by atoms with Gasteiger partial charge in [0.25, 0.3) is 0 Å². The van der Waals surface area contributed by atoms with E-state index in [9.17, 15) is 47.9 Å². The lowest BCUT2D eigenvalue weighted by molar-refractivity contribution is -0.157. The number of ether oxygens (including phenoxy) is 6. The van der Waals surface area contributed by atoms with Gasteiger partial charge in [0.15, 0.2) is 0 Å². The molecule has 7 atom stereocenters. The average molecular weight is 1390 g/mol. The molecule has 10 rings (SSSR count). The number of fused-ring (bicyclic) bond motifs is 3. The number of aliphatic carboxylic acids is 1. The van der Waals surface area contributed by atoms with Crippen molar-refractivity contribution in [3.63, 3.8) is 0 Å². The molecule has 89 heavy (non-hydrogen) atoms. The highest BCUT2D eigenvalue weighted by atomic mass is 35.6. The van der Waals surface area contributed by atoms with Crippen LogP contribution in [0.1, 0.15) is 103 Å². The number of carbonyl (C=O) groups excluding carboxylic acids is 9. The number of nitrogens with one attached hydrogen (secondary N) is 4. The Morgan fingerprint density at radius 2 is 1.20 bits per heavy atom. The third-order valence-corrected chi connectivity index (χ3v) is 17.0. The fraction of sp³-hybridized carbons (Fsp3) is 0.614. The molecule has 0 unspecified atom stereocenters. The summed E-state index contributed by atoms with van der Waals surface area (Å²) in [5.41, 5.74) is -0.806. The van der Waals surface area contributed by atoms with Crippen LogP contribution >= 0.6 is 82.0 Å². The number of alkyl halides is 6. The predicted octanol–water partition coefficient (Wildman–Crippen LogP) is 6.48. The lowest BCUT2D eigenvalue weighted by Crippen LogP contribution is -2.62. The number of rotatable bonds is 10. The first kappa shape index (κ1) is 76.1. The number of cyclic esters (lactones) is 2. The van der Waals surface area contributed by atoms with Crippen molar-refractivity contribution in [2.75, 3.05) is 66.6 Å². The number of esters is 4. The number of carboxylic acid groups (broad SMARTS) is 1. The van der Waals surface area contributed by atoms with Crippen LogP contribution in [-0.2, 0) is 80.0 Å². The number of hydrogen-bond donors (Lipinski definition) is 5. The number of carbonyl (C=O) groups is 10. The Labute approximate surface area is 552 Å². The number of halogens is 7. The first-order valence-electron chi connectivity index (χ1n) is 28.3. The zero-order valence-electron chi connectivity index (χ0n) is 50.1. The third kappa shape index (κ3) is 20.6. The number of nitrogens with zero attached hydrogens (tertiary/aromatic N) is 4. The summed E-state index contributed by atoms with van der Waals surface area (Å²) in [5.74, 6) is -2.54. The minimum Gasteiger partial charge on any atom is -0.480 e.